The zero-order valence-corrected chi connectivity index (χ0v) is 20.8. The van der Waals surface area contributed by atoms with Crippen LogP contribution in [0.5, 0.6) is 0 Å². The average molecular weight is 504 g/mol. The van der Waals surface area contributed by atoms with E-state index in [1.54, 1.807) is 11.1 Å². The van der Waals surface area contributed by atoms with Crippen LogP contribution in [0.2, 0.25) is 4.82 Å². The van der Waals surface area contributed by atoms with E-state index in [1.807, 2.05) is 0 Å². The molecule has 5 unspecified atom stereocenters. The van der Waals surface area contributed by atoms with Gasteiger partial charge in [0.1, 0.15) is 0 Å². The van der Waals surface area contributed by atoms with Gasteiger partial charge in [0.15, 0.2) is 0 Å². The third kappa shape index (κ3) is 2.97. The van der Waals surface area contributed by atoms with Gasteiger partial charge in [-0.15, -0.1) is 0 Å². The first kappa shape index (κ1) is 20.5. The number of rotatable bonds is 4. The predicted octanol–water partition coefficient (Wildman–Crippen LogP) is 7.56. The minimum absolute atomic E-state index is 0.0486. The second-order valence-corrected chi connectivity index (χ2v) is 13.0. The van der Waals surface area contributed by atoms with E-state index in [9.17, 15) is 0 Å². The van der Waals surface area contributed by atoms with Crippen molar-refractivity contribution >= 4 is 15.0 Å². The molecule has 1 heterocycles. The molecular formula is C33H28Se. The van der Waals surface area contributed by atoms with Crippen LogP contribution in [0.4, 0.5) is 0 Å². The molecule has 1 aliphatic heterocycles. The van der Waals surface area contributed by atoms with Gasteiger partial charge >= 0.3 is 209 Å². The Morgan fingerprint density at radius 3 is 1.85 bits per heavy atom. The van der Waals surface area contributed by atoms with Gasteiger partial charge in [-0.25, -0.2) is 0 Å². The van der Waals surface area contributed by atoms with Crippen LogP contribution in [0.25, 0.3) is 0 Å². The van der Waals surface area contributed by atoms with Gasteiger partial charge in [-0.1, -0.05) is 0 Å². The Morgan fingerprint density at radius 1 is 0.618 bits per heavy atom. The molecule has 0 amide bonds. The van der Waals surface area contributed by atoms with Crippen molar-refractivity contribution in [3.8, 4) is 0 Å². The van der Waals surface area contributed by atoms with Crippen LogP contribution in [-0.2, 0) is 4.31 Å². The van der Waals surface area contributed by atoms with Gasteiger partial charge in [0, 0.05) is 0 Å². The van der Waals surface area contributed by atoms with E-state index in [1.165, 1.54) is 23.1 Å². The molecule has 1 fully saturated rings. The first-order valence-electron chi connectivity index (χ1n) is 12.5. The van der Waals surface area contributed by atoms with E-state index >= 15 is 0 Å². The minimum atomic E-state index is -0.0486. The molecule has 5 atom stereocenters. The molecule has 0 N–H and O–H groups in total. The van der Waals surface area contributed by atoms with Gasteiger partial charge < -0.3 is 0 Å². The van der Waals surface area contributed by atoms with E-state index < -0.39 is 0 Å². The fourth-order valence-electron chi connectivity index (χ4n) is 7.00. The summed E-state index contributed by atoms with van der Waals surface area (Å²) in [4.78, 5) is 0.757. The van der Waals surface area contributed by atoms with Gasteiger partial charge in [-0.3, -0.25) is 0 Å². The molecule has 1 heteroatoms. The molecule has 1 saturated carbocycles. The summed E-state index contributed by atoms with van der Waals surface area (Å²) < 4.78 is -0.0486. The third-order valence-electron chi connectivity index (χ3n) is 8.30. The monoisotopic (exact) mass is 504 g/mol. The SMILES string of the molecule is C1=CC2CC1C1[Se]C(c3ccccc3)(C(c3ccccc3)c3ccccc3)c3ccccc3C21. The van der Waals surface area contributed by atoms with Crippen LogP contribution in [-0.4, -0.2) is 15.0 Å². The Bertz CT molecular complexity index is 1290. The summed E-state index contributed by atoms with van der Waals surface area (Å²) in [5.74, 6) is 2.43. The fourth-order valence-corrected chi connectivity index (χ4v) is 11.8. The summed E-state index contributed by atoms with van der Waals surface area (Å²) in [5.41, 5.74) is 7.50. The Kier molecular flexibility index (Phi) is 4.90. The molecule has 3 aliphatic rings. The number of hydrogen-bond donors (Lipinski definition) is 0. The van der Waals surface area contributed by atoms with Crippen LogP contribution in [0.1, 0.15) is 46.1 Å². The van der Waals surface area contributed by atoms with Crippen LogP contribution in [0, 0.1) is 11.8 Å². The zero-order chi connectivity index (χ0) is 22.5. The maximum atomic E-state index is 2.55. The fraction of sp³-hybridized carbons (Fsp3) is 0.212. The van der Waals surface area contributed by atoms with Crippen LogP contribution in [0.15, 0.2) is 127 Å². The Hall–Kier alpha value is -2.86. The second-order valence-electron chi connectivity index (χ2n) is 10.00. The molecule has 4 aromatic carbocycles. The Balaban J connectivity index is 1.56. The quantitative estimate of drug-likeness (QED) is 0.199. The first-order valence-corrected chi connectivity index (χ1v) is 14.3. The maximum absolute atomic E-state index is 2.55. The number of fused-ring (bicyclic) bond motifs is 7. The molecule has 2 bridgehead atoms. The molecule has 0 aromatic heterocycles. The molecule has 4 aromatic rings. The number of allylic oxidation sites excluding steroid dienone is 2. The van der Waals surface area contributed by atoms with E-state index in [-0.39, 0.29) is 10.2 Å². The summed E-state index contributed by atoms with van der Waals surface area (Å²) >= 11 is 0.397. The second kappa shape index (κ2) is 8.12. The molecular weight excluding hydrogens is 475 g/mol. The molecule has 0 radical (unpaired) electrons. The van der Waals surface area contributed by atoms with Crippen molar-refractivity contribution in [2.24, 2.45) is 11.8 Å². The molecule has 0 nitrogen and oxygen atoms in total. The van der Waals surface area contributed by atoms with E-state index in [0.29, 0.717) is 20.9 Å². The van der Waals surface area contributed by atoms with Crippen molar-refractivity contribution in [3.05, 3.63) is 155 Å². The Labute approximate surface area is 208 Å². The van der Waals surface area contributed by atoms with E-state index in [2.05, 4.69) is 127 Å². The first-order chi connectivity index (χ1) is 16.9. The topological polar surface area (TPSA) is 0 Å². The van der Waals surface area contributed by atoms with Gasteiger partial charge in [-0.2, -0.15) is 0 Å². The van der Waals surface area contributed by atoms with E-state index in [4.69, 9.17) is 0 Å². The predicted molar refractivity (Wildman–Crippen MR) is 141 cm³/mol. The molecule has 7 rings (SSSR count). The van der Waals surface area contributed by atoms with Crippen LogP contribution < -0.4 is 0 Å². The normalized spacial score (nSPS) is 28.6. The average Bonchev–Trinajstić information content (AvgIpc) is 3.53. The van der Waals surface area contributed by atoms with E-state index in [0.717, 1.165) is 16.7 Å². The summed E-state index contributed by atoms with van der Waals surface area (Å²) in [7, 11) is 0. The Morgan fingerprint density at radius 2 is 1.18 bits per heavy atom. The zero-order valence-electron chi connectivity index (χ0n) is 19.1. The molecule has 166 valence electrons. The summed E-state index contributed by atoms with van der Waals surface area (Å²) in [6.07, 6.45) is 6.43. The standard InChI is InChI=1S/C33H28Se/c1-4-12-23(13-5-1)31(24-14-6-2-7-15-24)33(27-16-8-3-9-17-27)29-19-11-10-18-28(29)30-25-20-21-26(22-25)32(30)34-33/h1-21,25-26,30-32H,22H2. The van der Waals surface area contributed by atoms with Crippen molar-refractivity contribution in [2.75, 3.05) is 0 Å². The van der Waals surface area contributed by atoms with Gasteiger partial charge in [0.25, 0.3) is 0 Å². The molecule has 34 heavy (non-hydrogen) atoms. The molecule has 0 spiro atoms. The van der Waals surface area contributed by atoms with Crippen molar-refractivity contribution in [3.63, 3.8) is 0 Å². The summed E-state index contributed by atoms with van der Waals surface area (Å²) in [6.45, 7) is 0. The van der Waals surface area contributed by atoms with Crippen molar-refractivity contribution in [2.45, 2.75) is 27.4 Å². The summed E-state index contributed by atoms with van der Waals surface area (Å²) in [5, 5.41) is 0. The van der Waals surface area contributed by atoms with Crippen LogP contribution >= 0.6 is 0 Å². The van der Waals surface area contributed by atoms with Crippen molar-refractivity contribution in [1.82, 2.24) is 0 Å². The number of hydrogen-bond acceptors (Lipinski definition) is 0. The van der Waals surface area contributed by atoms with Crippen molar-refractivity contribution < 1.29 is 0 Å². The van der Waals surface area contributed by atoms with Crippen LogP contribution in [0.3, 0.4) is 0 Å². The van der Waals surface area contributed by atoms with Gasteiger partial charge in [-0.05, 0) is 0 Å². The number of benzene rings is 4. The van der Waals surface area contributed by atoms with Gasteiger partial charge in [0.05, 0.1) is 0 Å². The molecule has 0 saturated heterocycles. The molecule has 2 aliphatic carbocycles. The van der Waals surface area contributed by atoms with Gasteiger partial charge in [0.2, 0.25) is 0 Å². The summed E-state index contributed by atoms with van der Waals surface area (Å²) in [6, 6.07) is 43.5. The van der Waals surface area contributed by atoms with Crippen molar-refractivity contribution in [1.29, 1.82) is 0 Å². The third-order valence-corrected chi connectivity index (χ3v) is 12.5.